The zero-order valence-corrected chi connectivity index (χ0v) is 19.7. The minimum atomic E-state index is -0.429. The summed E-state index contributed by atoms with van der Waals surface area (Å²) >= 11 is 2.54. The predicted octanol–water partition coefficient (Wildman–Crippen LogP) is 3.63. The summed E-state index contributed by atoms with van der Waals surface area (Å²) in [6.45, 7) is 3.74. The van der Waals surface area contributed by atoms with Gasteiger partial charge in [0.15, 0.2) is 16.9 Å². The van der Waals surface area contributed by atoms with Crippen molar-refractivity contribution in [3.8, 4) is 5.75 Å². The first-order valence-electron chi connectivity index (χ1n) is 10.4. The fraction of sp³-hybridized carbons (Fsp3) is 0.318. The highest BCUT2D eigenvalue weighted by Crippen LogP contribution is 2.33. The van der Waals surface area contributed by atoms with Gasteiger partial charge in [-0.25, -0.2) is 14.8 Å². The standard InChI is InChI=1S/C22H22N4O5S2/c1-3-30-18(27)11-31-14-6-7-16(12(2)8-14)24-22-26-20(29)17(33-22)9-15-10-23-21(32-15)25-19(28)13-4-5-13/h6-10,13H,3-5,11H2,1-2H3,(H,23,25,28)(H,24,26,29). The van der Waals surface area contributed by atoms with Gasteiger partial charge in [0.25, 0.3) is 5.91 Å². The number of aromatic nitrogens is 1. The number of nitrogens with zero attached hydrogens (tertiary/aromatic N) is 2. The van der Waals surface area contributed by atoms with Crippen LogP contribution in [-0.2, 0) is 19.1 Å². The molecule has 1 aliphatic carbocycles. The van der Waals surface area contributed by atoms with Crippen molar-refractivity contribution in [3.05, 3.63) is 39.7 Å². The minimum Gasteiger partial charge on any atom is -0.482 e. The highest BCUT2D eigenvalue weighted by atomic mass is 32.2. The number of carbonyl (C=O) groups excluding carboxylic acids is 3. The third-order valence-electron chi connectivity index (χ3n) is 4.68. The van der Waals surface area contributed by atoms with Gasteiger partial charge >= 0.3 is 5.97 Å². The van der Waals surface area contributed by atoms with E-state index in [1.165, 1.54) is 23.1 Å². The Hall–Kier alpha value is -3.18. The average molecular weight is 487 g/mol. The van der Waals surface area contributed by atoms with Gasteiger partial charge in [-0.3, -0.25) is 9.59 Å². The van der Waals surface area contributed by atoms with Crippen LogP contribution in [0.4, 0.5) is 10.8 Å². The Morgan fingerprint density at radius 1 is 1.36 bits per heavy atom. The van der Waals surface area contributed by atoms with Crippen LogP contribution in [0.2, 0.25) is 0 Å². The number of amides is 2. The van der Waals surface area contributed by atoms with Gasteiger partial charge in [-0.1, -0.05) is 11.3 Å². The largest absolute Gasteiger partial charge is 0.482 e. The molecule has 0 unspecified atom stereocenters. The molecular formula is C22H22N4O5S2. The van der Waals surface area contributed by atoms with Crippen LogP contribution in [0.15, 0.2) is 34.3 Å². The Morgan fingerprint density at radius 3 is 2.91 bits per heavy atom. The van der Waals surface area contributed by atoms with Crippen molar-refractivity contribution in [3.63, 3.8) is 0 Å². The van der Waals surface area contributed by atoms with Crippen molar-refractivity contribution in [1.82, 2.24) is 10.3 Å². The molecule has 1 saturated carbocycles. The molecule has 9 nitrogen and oxygen atoms in total. The molecular weight excluding hydrogens is 464 g/mol. The van der Waals surface area contributed by atoms with E-state index in [0.717, 1.165) is 23.3 Å². The number of esters is 1. The van der Waals surface area contributed by atoms with E-state index < -0.39 is 5.97 Å². The number of thiazole rings is 1. The van der Waals surface area contributed by atoms with Gasteiger partial charge in [-0.2, -0.15) is 0 Å². The van der Waals surface area contributed by atoms with Gasteiger partial charge in [0.2, 0.25) is 5.91 Å². The highest BCUT2D eigenvalue weighted by molar-refractivity contribution is 8.18. The topological polar surface area (TPSA) is 119 Å². The number of carbonyl (C=O) groups is 3. The van der Waals surface area contributed by atoms with Gasteiger partial charge in [0, 0.05) is 12.1 Å². The van der Waals surface area contributed by atoms with Crippen LogP contribution in [0.25, 0.3) is 6.08 Å². The van der Waals surface area contributed by atoms with E-state index in [1.54, 1.807) is 37.4 Å². The molecule has 0 bridgehead atoms. The average Bonchev–Trinajstić information content (AvgIpc) is 3.46. The highest BCUT2D eigenvalue weighted by Gasteiger charge is 2.30. The van der Waals surface area contributed by atoms with E-state index >= 15 is 0 Å². The first kappa shape index (κ1) is 23.0. The fourth-order valence-electron chi connectivity index (χ4n) is 2.87. The molecule has 172 valence electrons. The van der Waals surface area contributed by atoms with Crippen molar-refractivity contribution in [2.75, 3.05) is 18.5 Å². The third kappa shape index (κ3) is 6.20. The predicted molar refractivity (Wildman–Crippen MR) is 128 cm³/mol. The van der Waals surface area contributed by atoms with Gasteiger partial charge in [-0.05, 0) is 68.3 Å². The number of rotatable bonds is 8. The molecule has 11 heteroatoms. The molecule has 1 aliphatic heterocycles. The molecule has 0 radical (unpaired) electrons. The molecule has 1 aromatic heterocycles. The lowest BCUT2D eigenvalue weighted by Crippen LogP contribution is -2.19. The fourth-order valence-corrected chi connectivity index (χ4v) is 4.53. The summed E-state index contributed by atoms with van der Waals surface area (Å²) in [4.78, 5) is 45.7. The molecule has 2 N–H and O–H groups in total. The van der Waals surface area contributed by atoms with Crippen LogP contribution in [0, 0.1) is 12.8 Å². The first-order valence-corrected chi connectivity index (χ1v) is 12.0. The second kappa shape index (κ2) is 10.2. The van der Waals surface area contributed by atoms with Gasteiger partial charge in [-0.15, -0.1) is 0 Å². The smallest absolute Gasteiger partial charge is 0.344 e. The van der Waals surface area contributed by atoms with Crippen LogP contribution >= 0.6 is 23.1 Å². The number of hydrogen-bond donors (Lipinski definition) is 2. The van der Waals surface area contributed by atoms with Gasteiger partial charge < -0.3 is 20.1 Å². The number of amidine groups is 1. The SMILES string of the molecule is CCOC(=O)COc1ccc(N=C2NC(=O)C(=Cc3cnc(NC(=O)C4CC4)s3)S2)c(C)c1. The number of nitrogens with one attached hydrogen (secondary N) is 2. The molecule has 1 aromatic carbocycles. The maximum Gasteiger partial charge on any atom is 0.344 e. The van der Waals surface area contributed by atoms with E-state index in [4.69, 9.17) is 9.47 Å². The van der Waals surface area contributed by atoms with Crippen LogP contribution in [0.1, 0.15) is 30.2 Å². The van der Waals surface area contributed by atoms with Crippen LogP contribution in [0.5, 0.6) is 5.75 Å². The lowest BCUT2D eigenvalue weighted by atomic mass is 10.2. The van der Waals surface area contributed by atoms with Crippen molar-refractivity contribution < 1.29 is 23.9 Å². The van der Waals surface area contributed by atoms with Crippen LogP contribution < -0.4 is 15.4 Å². The number of hydrogen-bond acceptors (Lipinski definition) is 9. The van der Waals surface area contributed by atoms with Crippen molar-refractivity contribution in [2.45, 2.75) is 26.7 Å². The quantitative estimate of drug-likeness (QED) is 0.432. The molecule has 1 saturated heterocycles. The van der Waals surface area contributed by atoms with E-state index in [0.29, 0.717) is 33.2 Å². The number of aryl methyl sites for hydroxylation is 1. The van der Waals surface area contributed by atoms with Crippen LogP contribution in [-0.4, -0.2) is 41.1 Å². The van der Waals surface area contributed by atoms with Crippen molar-refractivity contribution >= 4 is 62.9 Å². The Balaban J connectivity index is 1.39. The Bertz CT molecular complexity index is 1150. The lowest BCUT2D eigenvalue weighted by molar-refractivity contribution is -0.145. The number of anilines is 1. The molecule has 2 amide bonds. The third-order valence-corrected chi connectivity index (χ3v) is 6.45. The summed E-state index contributed by atoms with van der Waals surface area (Å²) in [6, 6.07) is 5.24. The number of ether oxygens (including phenoxy) is 2. The van der Waals surface area contributed by atoms with E-state index in [9.17, 15) is 14.4 Å². The normalized spacial score (nSPS) is 17.8. The first-order chi connectivity index (χ1) is 15.9. The minimum absolute atomic E-state index is 0.00126. The van der Waals surface area contributed by atoms with E-state index in [2.05, 4.69) is 20.6 Å². The molecule has 2 aromatic rings. The maximum atomic E-state index is 12.4. The Kier molecular flexibility index (Phi) is 7.09. The monoisotopic (exact) mass is 486 g/mol. The molecule has 2 fully saturated rings. The number of thioether (sulfide) groups is 1. The molecule has 4 rings (SSSR count). The van der Waals surface area contributed by atoms with E-state index in [-0.39, 0.29) is 24.3 Å². The summed E-state index contributed by atoms with van der Waals surface area (Å²) < 4.78 is 10.3. The zero-order chi connectivity index (χ0) is 23.4. The van der Waals surface area contributed by atoms with Gasteiger partial charge in [0.1, 0.15) is 5.75 Å². The summed E-state index contributed by atoms with van der Waals surface area (Å²) in [5.74, 6) is -0.0427. The summed E-state index contributed by atoms with van der Waals surface area (Å²) in [7, 11) is 0. The number of aliphatic imine (C=N–C) groups is 1. The molecule has 0 atom stereocenters. The molecule has 2 heterocycles. The second-order valence-electron chi connectivity index (χ2n) is 7.36. The Labute approximate surface area is 198 Å². The second-order valence-corrected chi connectivity index (χ2v) is 9.45. The zero-order valence-electron chi connectivity index (χ0n) is 18.0. The van der Waals surface area contributed by atoms with E-state index in [1.807, 2.05) is 6.92 Å². The maximum absolute atomic E-state index is 12.4. The summed E-state index contributed by atoms with van der Waals surface area (Å²) in [5.41, 5.74) is 1.50. The Morgan fingerprint density at radius 2 is 2.18 bits per heavy atom. The lowest BCUT2D eigenvalue weighted by Gasteiger charge is -2.08. The van der Waals surface area contributed by atoms with Crippen LogP contribution in [0.3, 0.4) is 0 Å². The van der Waals surface area contributed by atoms with Gasteiger partial charge in [0.05, 0.1) is 22.1 Å². The molecule has 0 spiro atoms. The summed E-state index contributed by atoms with van der Waals surface area (Å²) in [6.07, 6.45) is 5.21. The number of benzene rings is 1. The molecule has 2 aliphatic rings. The molecule has 33 heavy (non-hydrogen) atoms. The van der Waals surface area contributed by atoms with Crippen molar-refractivity contribution in [2.24, 2.45) is 10.9 Å². The summed E-state index contributed by atoms with van der Waals surface area (Å²) in [5, 5.41) is 6.55. The van der Waals surface area contributed by atoms with Crippen molar-refractivity contribution in [1.29, 1.82) is 0 Å².